The number of anilines is 2. The molecule has 1 N–H and O–H groups in total. The fourth-order valence-electron chi connectivity index (χ4n) is 2.92. The Kier molecular flexibility index (Phi) is 7.65. The van der Waals surface area contributed by atoms with E-state index in [1.165, 1.54) is 38.5 Å². The lowest BCUT2D eigenvalue weighted by Crippen LogP contribution is -2.38. The van der Waals surface area contributed by atoms with Gasteiger partial charge in [0.2, 0.25) is 5.91 Å². The Hall–Kier alpha value is -2.75. The largest absolute Gasteiger partial charge is 0.495 e. The summed E-state index contributed by atoms with van der Waals surface area (Å²) in [6.07, 6.45) is 0. The molecule has 0 saturated heterocycles. The van der Waals surface area contributed by atoms with Crippen LogP contribution in [0.5, 0.6) is 11.5 Å². The summed E-state index contributed by atoms with van der Waals surface area (Å²) in [5, 5.41) is 2.99. The van der Waals surface area contributed by atoms with Crippen LogP contribution in [0.15, 0.2) is 76.1 Å². The Morgan fingerprint density at radius 3 is 2.22 bits per heavy atom. The summed E-state index contributed by atoms with van der Waals surface area (Å²) in [6, 6.07) is 17.6. The third kappa shape index (κ3) is 5.35. The maximum Gasteiger partial charge on any atom is 0.264 e. The monoisotopic (exact) mass is 538 g/mol. The number of amides is 1. The number of ether oxygens (including phenoxy) is 2. The van der Waals surface area contributed by atoms with Gasteiger partial charge in [-0.05, 0) is 36.4 Å². The van der Waals surface area contributed by atoms with Crippen LogP contribution in [0.2, 0.25) is 5.02 Å². The topological polar surface area (TPSA) is 84.9 Å². The van der Waals surface area contributed by atoms with Crippen molar-refractivity contribution >= 4 is 54.8 Å². The van der Waals surface area contributed by atoms with Crippen LogP contribution in [-0.2, 0) is 14.8 Å². The molecular weight excluding hydrogens is 520 g/mol. The summed E-state index contributed by atoms with van der Waals surface area (Å²) in [7, 11) is -1.13. The number of nitrogens with zero attached hydrogens (tertiary/aromatic N) is 1. The Morgan fingerprint density at radius 1 is 1.00 bits per heavy atom. The van der Waals surface area contributed by atoms with Gasteiger partial charge >= 0.3 is 0 Å². The highest BCUT2D eigenvalue weighted by atomic mass is 79.9. The number of methoxy groups -OCH3 is 2. The van der Waals surface area contributed by atoms with Crippen molar-refractivity contribution in [1.29, 1.82) is 0 Å². The minimum atomic E-state index is -4.01. The van der Waals surface area contributed by atoms with Crippen molar-refractivity contribution in [3.63, 3.8) is 0 Å². The quantitative estimate of drug-likeness (QED) is 0.438. The number of hydrogen-bond acceptors (Lipinski definition) is 5. The van der Waals surface area contributed by atoms with Crippen LogP contribution in [-0.4, -0.2) is 35.1 Å². The van der Waals surface area contributed by atoms with E-state index in [0.29, 0.717) is 27.9 Å². The van der Waals surface area contributed by atoms with E-state index in [1.54, 1.807) is 42.5 Å². The van der Waals surface area contributed by atoms with Gasteiger partial charge in [0.25, 0.3) is 10.0 Å². The molecule has 0 bridgehead atoms. The molecule has 0 radical (unpaired) electrons. The fraction of sp³-hybridized carbons (Fsp3) is 0.136. The molecule has 3 aromatic carbocycles. The Labute approximate surface area is 200 Å². The number of nitrogens with one attached hydrogen (secondary N) is 1. The normalized spacial score (nSPS) is 11.0. The van der Waals surface area contributed by atoms with Gasteiger partial charge in [-0.1, -0.05) is 45.7 Å². The van der Waals surface area contributed by atoms with Gasteiger partial charge in [-0.3, -0.25) is 9.10 Å². The number of carbonyl (C=O) groups excluding carboxylic acids is 1. The summed E-state index contributed by atoms with van der Waals surface area (Å²) in [4.78, 5) is 13.0. The molecular formula is C22H20BrClN2O5S. The average molecular weight is 540 g/mol. The molecule has 0 aliphatic carbocycles. The Balaban J connectivity index is 1.95. The molecule has 10 heteroatoms. The molecule has 0 fully saturated rings. The molecule has 3 rings (SSSR count). The highest BCUT2D eigenvalue weighted by Gasteiger charge is 2.27. The Bertz CT molecular complexity index is 1200. The second-order valence-electron chi connectivity index (χ2n) is 6.54. The van der Waals surface area contributed by atoms with Gasteiger partial charge in [-0.2, -0.15) is 0 Å². The van der Waals surface area contributed by atoms with Gasteiger partial charge in [-0.25, -0.2) is 8.42 Å². The first-order chi connectivity index (χ1) is 15.3. The summed E-state index contributed by atoms with van der Waals surface area (Å²) in [6.45, 7) is -0.465. The predicted molar refractivity (Wildman–Crippen MR) is 128 cm³/mol. The summed E-state index contributed by atoms with van der Waals surface area (Å²) in [5.74, 6) is 0.0739. The molecule has 1 amide bonds. The van der Waals surface area contributed by atoms with Crippen LogP contribution in [0, 0.1) is 0 Å². The minimum absolute atomic E-state index is 0.0708. The first-order valence-electron chi connectivity index (χ1n) is 9.31. The molecule has 7 nitrogen and oxygen atoms in total. The van der Waals surface area contributed by atoms with Crippen molar-refractivity contribution in [3.05, 3.63) is 76.2 Å². The molecule has 168 valence electrons. The zero-order chi connectivity index (χ0) is 23.3. The summed E-state index contributed by atoms with van der Waals surface area (Å²) in [5.41, 5.74) is 0.638. The van der Waals surface area contributed by atoms with E-state index in [-0.39, 0.29) is 4.90 Å². The maximum atomic E-state index is 13.3. The van der Waals surface area contributed by atoms with Crippen LogP contribution >= 0.6 is 27.5 Å². The molecule has 0 aromatic heterocycles. The minimum Gasteiger partial charge on any atom is -0.495 e. The lowest BCUT2D eigenvalue weighted by atomic mass is 10.2. The zero-order valence-corrected chi connectivity index (χ0v) is 20.4. The second kappa shape index (κ2) is 10.2. The van der Waals surface area contributed by atoms with Gasteiger partial charge < -0.3 is 14.8 Å². The molecule has 0 heterocycles. The molecule has 32 heavy (non-hydrogen) atoms. The number of carbonyl (C=O) groups is 1. The predicted octanol–water partition coefficient (Wildman–Crippen LogP) is 4.95. The maximum absolute atomic E-state index is 13.3. The van der Waals surface area contributed by atoms with E-state index in [2.05, 4.69) is 21.2 Å². The first kappa shape index (κ1) is 23.9. The van der Waals surface area contributed by atoms with Crippen LogP contribution in [0.4, 0.5) is 11.4 Å². The van der Waals surface area contributed by atoms with Crippen molar-refractivity contribution in [2.45, 2.75) is 4.90 Å². The lowest BCUT2D eigenvalue weighted by molar-refractivity contribution is -0.114. The van der Waals surface area contributed by atoms with E-state index in [4.69, 9.17) is 21.1 Å². The molecule has 0 unspecified atom stereocenters. The molecule has 0 atom stereocenters. The number of benzene rings is 3. The summed E-state index contributed by atoms with van der Waals surface area (Å²) < 4.78 is 39.0. The molecule has 0 spiro atoms. The standard InChI is InChI=1S/C22H20BrClN2O5S/c1-30-20-13-19(21(31-2)12-18(20)24)25-22(27)14-26(16-10-8-15(23)9-11-16)32(28,29)17-6-4-3-5-7-17/h3-13H,14H2,1-2H3,(H,25,27). The zero-order valence-electron chi connectivity index (χ0n) is 17.2. The number of hydrogen-bond donors (Lipinski definition) is 1. The molecule has 0 aliphatic heterocycles. The Morgan fingerprint density at radius 2 is 1.62 bits per heavy atom. The van der Waals surface area contributed by atoms with Crippen molar-refractivity contribution in [1.82, 2.24) is 0 Å². The van der Waals surface area contributed by atoms with Crippen molar-refractivity contribution < 1.29 is 22.7 Å². The highest BCUT2D eigenvalue weighted by molar-refractivity contribution is 9.10. The van der Waals surface area contributed by atoms with Gasteiger partial charge in [0.15, 0.2) is 0 Å². The smallest absolute Gasteiger partial charge is 0.264 e. The molecule has 0 saturated carbocycles. The van der Waals surface area contributed by atoms with Crippen LogP contribution in [0.25, 0.3) is 0 Å². The second-order valence-corrected chi connectivity index (χ2v) is 9.72. The summed E-state index contributed by atoms with van der Waals surface area (Å²) >= 11 is 9.45. The number of rotatable bonds is 8. The lowest BCUT2D eigenvalue weighted by Gasteiger charge is -2.24. The van der Waals surface area contributed by atoms with Gasteiger partial charge in [-0.15, -0.1) is 0 Å². The van der Waals surface area contributed by atoms with Crippen molar-refractivity contribution in [2.75, 3.05) is 30.4 Å². The number of halogens is 2. The van der Waals surface area contributed by atoms with E-state index in [9.17, 15) is 13.2 Å². The van der Waals surface area contributed by atoms with Crippen molar-refractivity contribution in [2.24, 2.45) is 0 Å². The molecule has 3 aromatic rings. The third-order valence-electron chi connectivity index (χ3n) is 4.48. The fourth-order valence-corrected chi connectivity index (χ4v) is 4.86. The third-order valence-corrected chi connectivity index (χ3v) is 7.09. The van der Waals surface area contributed by atoms with E-state index < -0.39 is 22.5 Å². The van der Waals surface area contributed by atoms with Gasteiger partial charge in [0.05, 0.1) is 35.5 Å². The molecule has 0 aliphatic rings. The van der Waals surface area contributed by atoms with E-state index in [1.807, 2.05) is 0 Å². The number of sulfonamides is 1. The van der Waals surface area contributed by atoms with E-state index >= 15 is 0 Å². The van der Waals surface area contributed by atoms with Crippen LogP contribution in [0.3, 0.4) is 0 Å². The SMILES string of the molecule is COc1cc(NC(=O)CN(c2ccc(Br)cc2)S(=O)(=O)c2ccccc2)c(OC)cc1Cl. The van der Waals surface area contributed by atoms with Crippen molar-refractivity contribution in [3.8, 4) is 11.5 Å². The van der Waals surface area contributed by atoms with Crippen LogP contribution in [0.1, 0.15) is 0 Å². The van der Waals surface area contributed by atoms with Gasteiger partial charge in [0.1, 0.15) is 18.0 Å². The highest BCUT2D eigenvalue weighted by Crippen LogP contribution is 2.36. The first-order valence-corrected chi connectivity index (χ1v) is 11.9. The van der Waals surface area contributed by atoms with E-state index in [0.717, 1.165) is 8.78 Å². The van der Waals surface area contributed by atoms with Gasteiger partial charge in [0, 0.05) is 16.6 Å². The van der Waals surface area contributed by atoms with Crippen LogP contribution < -0.4 is 19.1 Å². The average Bonchev–Trinajstić information content (AvgIpc) is 2.79.